The van der Waals surface area contributed by atoms with Gasteiger partial charge in [0, 0.05) is 12.6 Å². The van der Waals surface area contributed by atoms with Crippen molar-refractivity contribution >= 4 is 10.8 Å². The Hall–Kier alpha value is -1.34. The number of rotatable bonds is 2. The SMILES string of the molecule is CCCC1NCC(C)c2c1ccc1ccccc21. The second-order valence-electron chi connectivity index (χ2n) is 5.44. The summed E-state index contributed by atoms with van der Waals surface area (Å²) in [5, 5.41) is 6.52. The maximum Gasteiger partial charge on any atom is 0.0323 e. The topological polar surface area (TPSA) is 12.0 Å². The summed E-state index contributed by atoms with van der Waals surface area (Å²) in [5.74, 6) is 0.610. The first kappa shape index (κ1) is 11.7. The third-order valence-electron chi connectivity index (χ3n) is 4.12. The highest BCUT2D eigenvalue weighted by atomic mass is 14.9. The van der Waals surface area contributed by atoms with Gasteiger partial charge >= 0.3 is 0 Å². The molecule has 1 heteroatoms. The lowest BCUT2D eigenvalue weighted by Crippen LogP contribution is -2.32. The standard InChI is InChI=1S/C17H21N/c1-3-6-16-15-10-9-13-7-4-5-8-14(13)17(15)12(2)11-18-16/h4-5,7-10,12,16,18H,3,6,11H2,1-2H3. The first-order valence-corrected chi connectivity index (χ1v) is 7.06. The van der Waals surface area contributed by atoms with Crippen molar-refractivity contribution in [2.75, 3.05) is 6.54 Å². The van der Waals surface area contributed by atoms with Gasteiger partial charge in [0.1, 0.15) is 0 Å². The van der Waals surface area contributed by atoms with Gasteiger partial charge in [0.05, 0.1) is 0 Å². The predicted octanol–water partition coefficient (Wildman–Crippen LogP) is 4.39. The smallest absolute Gasteiger partial charge is 0.0323 e. The lowest BCUT2D eigenvalue weighted by atomic mass is 9.83. The Bertz CT molecular complexity index is 559. The van der Waals surface area contributed by atoms with E-state index in [1.165, 1.54) is 29.2 Å². The Morgan fingerprint density at radius 2 is 2.00 bits per heavy atom. The molecule has 2 aromatic carbocycles. The molecule has 0 aliphatic carbocycles. The second-order valence-corrected chi connectivity index (χ2v) is 5.44. The molecule has 1 heterocycles. The molecular weight excluding hydrogens is 218 g/mol. The van der Waals surface area contributed by atoms with Gasteiger partial charge in [-0.3, -0.25) is 0 Å². The van der Waals surface area contributed by atoms with E-state index in [1.807, 2.05) is 0 Å². The Kier molecular flexibility index (Phi) is 3.09. The van der Waals surface area contributed by atoms with Crippen molar-refractivity contribution in [1.82, 2.24) is 5.32 Å². The molecule has 1 aliphatic heterocycles. The number of benzene rings is 2. The fraction of sp³-hybridized carbons (Fsp3) is 0.412. The van der Waals surface area contributed by atoms with E-state index in [2.05, 4.69) is 55.6 Å². The monoisotopic (exact) mass is 239 g/mol. The van der Waals surface area contributed by atoms with Crippen LogP contribution in [0, 0.1) is 0 Å². The average Bonchev–Trinajstić information content (AvgIpc) is 2.41. The summed E-state index contributed by atoms with van der Waals surface area (Å²) in [7, 11) is 0. The molecule has 2 atom stereocenters. The van der Waals surface area contributed by atoms with Gasteiger partial charge < -0.3 is 5.32 Å². The fourth-order valence-corrected chi connectivity index (χ4v) is 3.24. The summed E-state index contributed by atoms with van der Waals surface area (Å²) in [6.45, 7) is 5.70. The van der Waals surface area contributed by atoms with E-state index >= 15 is 0 Å². The van der Waals surface area contributed by atoms with Gasteiger partial charge in [-0.05, 0) is 34.2 Å². The zero-order chi connectivity index (χ0) is 12.5. The molecule has 18 heavy (non-hydrogen) atoms. The van der Waals surface area contributed by atoms with E-state index in [1.54, 1.807) is 5.56 Å². The molecule has 0 amide bonds. The highest BCUT2D eigenvalue weighted by molar-refractivity contribution is 5.87. The quantitative estimate of drug-likeness (QED) is 0.819. The van der Waals surface area contributed by atoms with Crippen LogP contribution in [0.4, 0.5) is 0 Å². The predicted molar refractivity (Wildman–Crippen MR) is 78.0 cm³/mol. The van der Waals surface area contributed by atoms with Crippen molar-refractivity contribution in [3.8, 4) is 0 Å². The minimum atomic E-state index is 0.547. The van der Waals surface area contributed by atoms with E-state index in [0.717, 1.165) is 6.54 Å². The van der Waals surface area contributed by atoms with Crippen LogP contribution in [0.3, 0.4) is 0 Å². The van der Waals surface area contributed by atoms with Gasteiger partial charge in [-0.15, -0.1) is 0 Å². The van der Waals surface area contributed by atoms with Crippen LogP contribution >= 0.6 is 0 Å². The number of hydrogen-bond donors (Lipinski definition) is 1. The van der Waals surface area contributed by atoms with Crippen molar-refractivity contribution in [2.45, 2.75) is 38.6 Å². The number of nitrogens with one attached hydrogen (secondary N) is 1. The lowest BCUT2D eigenvalue weighted by Gasteiger charge is -2.32. The fourth-order valence-electron chi connectivity index (χ4n) is 3.24. The van der Waals surface area contributed by atoms with Crippen LogP contribution < -0.4 is 5.32 Å². The minimum absolute atomic E-state index is 0.547. The molecule has 0 saturated carbocycles. The largest absolute Gasteiger partial charge is 0.309 e. The first-order valence-electron chi connectivity index (χ1n) is 7.06. The highest BCUT2D eigenvalue weighted by Crippen LogP contribution is 2.37. The summed E-state index contributed by atoms with van der Waals surface area (Å²) in [6, 6.07) is 13.9. The van der Waals surface area contributed by atoms with Crippen molar-refractivity contribution in [3.05, 3.63) is 47.5 Å². The summed E-state index contributed by atoms with van der Waals surface area (Å²) in [5.41, 5.74) is 3.10. The third kappa shape index (κ3) is 1.83. The Labute approximate surface area is 109 Å². The van der Waals surface area contributed by atoms with Crippen LogP contribution in [0.25, 0.3) is 10.8 Å². The van der Waals surface area contributed by atoms with Crippen molar-refractivity contribution in [2.24, 2.45) is 0 Å². The van der Waals surface area contributed by atoms with Crippen LogP contribution in [0.1, 0.15) is 49.8 Å². The van der Waals surface area contributed by atoms with Gasteiger partial charge in [-0.1, -0.05) is 56.7 Å². The number of fused-ring (bicyclic) bond motifs is 3. The minimum Gasteiger partial charge on any atom is -0.309 e. The Morgan fingerprint density at radius 1 is 1.17 bits per heavy atom. The van der Waals surface area contributed by atoms with E-state index in [0.29, 0.717) is 12.0 Å². The molecule has 1 nitrogen and oxygen atoms in total. The molecule has 2 aromatic rings. The third-order valence-corrected chi connectivity index (χ3v) is 4.12. The second kappa shape index (κ2) is 4.74. The molecule has 3 rings (SSSR count). The first-order chi connectivity index (χ1) is 8.81. The van der Waals surface area contributed by atoms with Crippen molar-refractivity contribution < 1.29 is 0 Å². The van der Waals surface area contributed by atoms with E-state index in [-0.39, 0.29) is 0 Å². The lowest BCUT2D eigenvalue weighted by molar-refractivity contribution is 0.443. The molecule has 1 N–H and O–H groups in total. The molecule has 0 aromatic heterocycles. The molecule has 1 aliphatic rings. The van der Waals surface area contributed by atoms with Gasteiger partial charge in [0.2, 0.25) is 0 Å². The molecule has 0 spiro atoms. The maximum absolute atomic E-state index is 3.69. The van der Waals surface area contributed by atoms with Crippen LogP contribution in [0.5, 0.6) is 0 Å². The molecular formula is C17H21N. The van der Waals surface area contributed by atoms with Crippen molar-refractivity contribution in [1.29, 1.82) is 0 Å². The van der Waals surface area contributed by atoms with Gasteiger partial charge in [0.15, 0.2) is 0 Å². The van der Waals surface area contributed by atoms with Gasteiger partial charge in [-0.25, -0.2) is 0 Å². The zero-order valence-corrected chi connectivity index (χ0v) is 11.2. The highest BCUT2D eigenvalue weighted by Gasteiger charge is 2.24. The maximum atomic E-state index is 3.69. The molecule has 94 valence electrons. The van der Waals surface area contributed by atoms with Gasteiger partial charge in [-0.2, -0.15) is 0 Å². The van der Waals surface area contributed by atoms with E-state index < -0.39 is 0 Å². The number of hydrogen-bond acceptors (Lipinski definition) is 1. The van der Waals surface area contributed by atoms with Crippen LogP contribution in [-0.4, -0.2) is 6.54 Å². The summed E-state index contributed by atoms with van der Waals surface area (Å²) in [6.07, 6.45) is 2.47. The average molecular weight is 239 g/mol. The van der Waals surface area contributed by atoms with Gasteiger partial charge in [0.25, 0.3) is 0 Å². The summed E-state index contributed by atoms with van der Waals surface area (Å²) >= 11 is 0. The molecule has 0 fully saturated rings. The molecule has 2 unspecified atom stereocenters. The van der Waals surface area contributed by atoms with E-state index in [9.17, 15) is 0 Å². The van der Waals surface area contributed by atoms with Crippen LogP contribution in [-0.2, 0) is 0 Å². The zero-order valence-electron chi connectivity index (χ0n) is 11.2. The summed E-state index contributed by atoms with van der Waals surface area (Å²) < 4.78 is 0. The summed E-state index contributed by atoms with van der Waals surface area (Å²) in [4.78, 5) is 0. The van der Waals surface area contributed by atoms with Crippen LogP contribution in [0.2, 0.25) is 0 Å². The molecule has 0 saturated heterocycles. The van der Waals surface area contributed by atoms with Crippen LogP contribution in [0.15, 0.2) is 36.4 Å². The van der Waals surface area contributed by atoms with E-state index in [4.69, 9.17) is 0 Å². The Balaban J connectivity index is 2.20. The molecule has 0 bridgehead atoms. The Morgan fingerprint density at radius 3 is 2.83 bits per heavy atom. The molecule has 0 radical (unpaired) electrons. The van der Waals surface area contributed by atoms with Crippen molar-refractivity contribution in [3.63, 3.8) is 0 Å². The normalized spacial score (nSPS) is 23.0.